The van der Waals surface area contributed by atoms with Crippen molar-refractivity contribution in [3.8, 4) is 5.69 Å². The van der Waals surface area contributed by atoms with Gasteiger partial charge in [0.05, 0.1) is 35.6 Å². The van der Waals surface area contributed by atoms with Crippen LogP contribution in [0.25, 0.3) is 5.69 Å². The molecule has 3 aromatic rings. The summed E-state index contributed by atoms with van der Waals surface area (Å²) in [6.07, 6.45) is 0. The lowest BCUT2D eigenvalue weighted by molar-refractivity contribution is -0.134. The molecule has 1 saturated heterocycles. The Kier molecular flexibility index (Phi) is 7.76. The number of thioether (sulfide) groups is 1. The molecule has 0 saturated carbocycles. The van der Waals surface area contributed by atoms with Gasteiger partial charge in [0, 0.05) is 35.7 Å². The Morgan fingerprint density at radius 2 is 1.85 bits per heavy atom. The lowest BCUT2D eigenvalue weighted by atomic mass is 9.87. The molecule has 2 aromatic carbocycles. The van der Waals surface area contributed by atoms with Gasteiger partial charge < -0.3 is 9.64 Å². The second-order valence-corrected chi connectivity index (χ2v) is 12.4. The first-order chi connectivity index (χ1) is 19.0. The zero-order valence-corrected chi connectivity index (χ0v) is 24.3. The molecule has 0 unspecified atom stereocenters. The molecule has 1 fully saturated rings. The molecule has 40 heavy (non-hydrogen) atoms. The summed E-state index contributed by atoms with van der Waals surface area (Å²) in [7, 11) is 0. The number of carbonyl (C=O) groups excluding carboxylic acids is 2. The van der Waals surface area contributed by atoms with Gasteiger partial charge in [0.2, 0.25) is 11.8 Å². The Labute approximate surface area is 237 Å². The van der Waals surface area contributed by atoms with Crippen LogP contribution in [0.3, 0.4) is 0 Å². The van der Waals surface area contributed by atoms with E-state index in [-0.39, 0.29) is 29.7 Å². The topological polar surface area (TPSA) is 67.7 Å². The van der Waals surface area contributed by atoms with Gasteiger partial charge in [-0.25, -0.2) is 13.5 Å². The third-order valence-electron chi connectivity index (χ3n) is 7.51. The normalized spacial score (nSPS) is 18.1. The number of hydrogen-bond donors (Lipinski definition) is 0. The second kappa shape index (κ2) is 11.0. The molecule has 0 radical (unpaired) electrons. The van der Waals surface area contributed by atoms with Crippen molar-refractivity contribution in [3.63, 3.8) is 0 Å². The first-order valence-electron chi connectivity index (χ1n) is 13.4. The van der Waals surface area contributed by atoms with Crippen LogP contribution < -0.4 is 4.90 Å². The Bertz CT molecular complexity index is 1460. The molecular formula is C30H34F2N4O3S. The minimum atomic E-state index is -0.687. The van der Waals surface area contributed by atoms with Gasteiger partial charge >= 0.3 is 0 Å². The average molecular weight is 569 g/mol. The monoisotopic (exact) mass is 568 g/mol. The maximum atomic E-state index is 15.3. The van der Waals surface area contributed by atoms with Crippen molar-refractivity contribution in [1.29, 1.82) is 0 Å². The number of nitrogens with zero attached hydrogens (tertiary/aromatic N) is 4. The zero-order chi connectivity index (χ0) is 28.8. The fourth-order valence-corrected chi connectivity index (χ4v) is 6.43. The van der Waals surface area contributed by atoms with E-state index in [1.165, 1.54) is 28.8 Å². The molecule has 1 atom stereocenters. The number of morpholine rings is 1. The van der Waals surface area contributed by atoms with Crippen molar-refractivity contribution in [2.45, 2.75) is 45.3 Å². The predicted molar refractivity (Wildman–Crippen MR) is 152 cm³/mol. The van der Waals surface area contributed by atoms with E-state index in [1.807, 2.05) is 52.8 Å². The number of rotatable bonds is 4. The molecule has 212 valence electrons. The highest BCUT2D eigenvalue weighted by Crippen LogP contribution is 2.49. The number of fused-ring (bicyclic) bond motifs is 1. The summed E-state index contributed by atoms with van der Waals surface area (Å²) < 4.78 is 36.4. The van der Waals surface area contributed by atoms with Crippen molar-refractivity contribution in [3.05, 3.63) is 76.0 Å². The first kappa shape index (κ1) is 28.3. The SMILES string of the molecule is Cc1cccc(-n2nc(C(C)(C)C)c3c2N(CC(=O)N2CCOCC2)C(=O)CS[C@H]3c2ccc(F)cc2F)c1C. The van der Waals surface area contributed by atoms with E-state index in [9.17, 15) is 14.0 Å². The van der Waals surface area contributed by atoms with Crippen LogP contribution in [0, 0.1) is 25.5 Å². The van der Waals surface area contributed by atoms with Crippen LogP contribution >= 0.6 is 11.8 Å². The standard InChI is InChI=1S/C30H34F2N4O3S/c1-18-7-6-8-23(19(18)2)36-29-26(28(33-36)30(3,4)5)27(21-10-9-20(31)15-22(21)32)40-17-25(38)35(29)16-24(37)34-11-13-39-14-12-34/h6-10,15,27H,11-14,16-17H2,1-5H3/t27-/m0/s1. The number of amides is 2. The van der Waals surface area contributed by atoms with Crippen molar-refractivity contribution in [2.75, 3.05) is 43.5 Å². The van der Waals surface area contributed by atoms with E-state index >= 15 is 4.39 Å². The summed E-state index contributed by atoms with van der Waals surface area (Å²) in [5.41, 5.74) is 3.91. The van der Waals surface area contributed by atoms with Gasteiger partial charge in [-0.05, 0) is 37.1 Å². The number of benzene rings is 2. The summed E-state index contributed by atoms with van der Waals surface area (Å²) in [6.45, 7) is 11.7. The molecule has 0 N–H and O–H groups in total. The van der Waals surface area contributed by atoms with Crippen molar-refractivity contribution in [1.82, 2.24) is 14.7 Å². The molecule has 2 aliphatic heterocycles. The smallest absolute Gasteiger partial charge is 0.242 e. The lowest BCUT2D eigenvalue weighted by Gasteiger charge is -2.30. The minimum Gasteiger partial charge on any atom is -0.378 e. The number of anilines is 1. The summed E-state index contributed by atoms with van der Waals surface area (Å²) >= 11 is 1.27. The molecule has 7 nitrogen and oxygen atoms in total. The first-order valence-corrected chi connectivity index (χ1v) is 14.4. The third-order valence-corrected chi connectivity index (χ3v) is 8.74. The van der Waals surface area contributed by atoms with Crippen molar-refractivity contribution >= 4 is 29.4 Å². The molecule has 2 aliphatic rings. The van der Waals surface area contributed by atoms with Gasteiger partial charge in [0.25, 0.3) is 0 Å². The van der Waals surface area contributed by atoms with Crippen LogP contribution in [-0.2, 0) is 19.7 Å². The minimum absolute atomic E-state index is 0.0168. The Hall–Kier alpha value is -3.24. The quantitative estimate of drug-likeness (QED) is 0.439. The molecule has 1 aromatic heterocycles. The summed E-state index contributed by atoms with van der Waals surface area (Å²) in [4.78, 5) is 30.5. The molecule has 0 spiro atoms. The number of aryl methyl sites for hydroxylation is 1. The van der Waals surface area contributed by atoms with Gasteiger partial charge in [-0.1, -0.05) is 39.0 Å². The fraction of sp³-hybridized carbons (Fsp3) is 0.433. The van der Waals surface area contributed by atoms with E-state index in [4.69, 9.17) is 9.84 Å². The highest BCUT2D eigenvalue weighted by atomic mass is 32.2. The molecule has 5 rings (SSSR count). The molecule has 0 aliphatic carbocycles. The lowest BCUT2D eigenvalue weighted by Crippen LogP contribution is -2.48. The van der Waals surface area contributed by atoms with Crippen LogP contribution in [0.15, 0.2) is 36.4 Å². The van der Waals surface area contributed by atoms with E-state index in [1.54, 1.807) is 9.58 Å². The van der Waals surface area contributed by atoms with E-state index < -0.39 is 22.3 Å². The summed E-state index contributed by atoms with van der Waals surface area (Å²) in [5.74, 6) is -1.36. The van der Waals surface area contributed by atoms with Gasteiger partial charge in [0.15, 0.2) is 0 Å². The van der Waals surface area contributed by atoms with Crippen LogP contribution in [-0.4, -0.2) is 65.1 Å². The highest BCUT2D eigenvalue weighted by molar-refractivity contribution is 8.00. The van der Waals surface area contributed by atoms with Gasteiger partial charge in [-0.3, -0.25) is 14.5 Å². The van der Waals surface area contributed by atoms with Gasteiger partial charge in [-0.15, -0.1) is 11.8 Å². The van der Waals surface area contributed by atoms with Gasteiger partial charge in [0.1, 0.15) is 24.0 Å². The average Bonchev–Trinajstić information content (AvgIpc) is 3.24. The molecule has 2 amide bonds. The maximum absolute atomic E-state index is 15.3. The Balaban J connectivity index is 1.78. The number of ether oxygens (including phenoxy) is 1. The van der Waals surface area contributed by atoms with E-state index in [2.05, 4.69) is 0 Å². The third kappa shape index (κ3) is 5.26. The van der Waals surface area contributed by atoms with Crippen molar-refractivity contribution < 1.29 is 23.1 Å². The number of hydrogen-bond acceptors (Lipinski definition) is 5. The summed E-state index contributed by atoms with van der Waals surface area (Å²) in [5, 5.41) is 4.43. The molecular weight excluding hydrogens is 534 g/mol. The van der Waals surface area contributed by atoms with E-state index in [0.29, 0.717) is 43.4 Å². The second-order valence-electron chi connectivity index (χ2n) is 11.3. The van der Waals surface area contributed by atoms with Crippen molar-refractivity contribution in [2.24, 2.45) is 0 Å². The largest absolute Gasteiger partial charge is 0.378 e. The Morgan fingerprint density at radius 1 is 1.12 bits per heavy atom. The van der Waals surface area contributed by atoms with Gasteiger partial charge in [-0.2, -0.15) is 5.10 Å². The molecule has 0 bridgehead atoms. The Morgan fingerprint density at radius 3 is 2.52 bits per heavy atom. The zero-order valence-electron chi connectivity index (χ0n) is 23.5. The summed E-state index contributed by atoms with van der Waals surface area (Å²) in [6, 6.07) is 9.40. The van der Waals surface area contributed by atoms with Crippen LogP contribution in [0.1, 0.15) is 54.0 Å². The van der Waals surface area contributed by atoms with Crippen LogP contribution in [0.4, 0.5) is 14.6 Å². The molecule has 3 heterocycles. The van der Waals surface area contributed by atoms with Crippen LogP contribution in [0.5, 0.6) is 0 Å². The van der Waals surface area contributed by atoms with Crippen LogP contribution in [0.2, 0.25) is 0 Å². The fourth-order valence-electron chi connectivity index (χ4n) is 5.21. The van der Waals surface area contributed by atoms with E-state index in [0.717, 1.165) is 22.9 Å². The number of halogens is 2. The molecule has 10 heteroatoms. The predicted octanol–water partition coefficient (Wildman–Crippen LogP) is 5.09. The number of aromatic nitrogens is 2. The highest BCUT2D eigenvalue weighted by Gasteiger charge is 2.41. The maximum Gasteiger partial charge on any atom is 0.242 e. The number of carbonyl (C=O) groups is 2.